The number of fused-ring (bicyclic) bond motifs is 1. The molecule has 6 amide bonds. The molecule has 330 valence electrons. The van der Waals surface area contributed by atoms with Gasteiger partial charge in [0.1, 0.15) is 23.2 Å². The van der Waals surface area contributed by atoms with Gasteiger partial charge in [-0.3, -0.25) is 39.0 Å². The number of hydrogen-bond acceptors (Lipinski definition) is 9. The predicted octanol–water partition coefficient (Wildman–Crippen LogP) is 6.83. The van der Waals surface area contributed by atoms with Gasteiger partial charge in [0, 0.05) is 32.1 Å². The highest BCUT2D eigenvalue weighted by Gasteiger charge is 2.45. The number of piperidine rings is 1. The number of hydrogen-bond donors (Lipinski definition) is 2. The molecule has 0 bridgehead atoms. The second kappa shape index (κ2) is 20.7. The number of allylic oxidation sites excluding steroid dienone is 1. The zero-order valence-corrected chi connectivity index (χ0v) is 34.9. The van der Waals surface area contributed by atoms with Crippen molar-refractivity contribution in [1.82, 2.24) is 25.4 Å². The van der Waals surface area contributed by atoms with Crippen molar-refractivity contribution >= 4 is 41.5 Å². The van der Waals surface area contributed by atoms with Crippen LogP contribution in [0.3, 0.4) is 0 Å². The number of pyridine rings is 1. The first-order valence-electron chi connectivity index (χ1n) is 21.1. The van der Waals surface area contributed by atoms with Crippen molar-refractivity contribution in [2.75, 3.05) is 27.3 Å². The van der Waals surface area contributed by atoms with Gasteiger partial charge in [-0.25, -0.2) is 4.98 Å². The summed E-state index contributed by atoms with van der Waals surface area (Å²) in [5.74, 6) is -3.00. The Labute approximate surface area is 358 Å². The summed E-state index contributed by atoms with van der Waals surface area (Å²) in [7, 11) is 3.27. The van der Waals surface area contributed by atoms with E-state index in [2.05, 4.69) is 15.6 Å². The Kier molecular flexibility index (Phi) is 15.2. The molecule has 1 aromatic heterocycles. The van der Waals surface area contributed by atoms with Crippen molar-refractivity contribution in [2.24, 2.45) is 11.8 Å². The summed E-state index contributed by atoms with van der Waals surface area (Å²) in [5, 5.41) is 5.06. The van der Waals surface area contributed by atoms with Crippen molar-refractivity contribution in [3.8, 4) is 11.5 Å². The molecule has 1 saturated carbocycles. The fourth-order valence-electron chi connectivity index (χ4n) is 8.03. The molecule has 2 N–H and O–H groups in total. The number of halogens is 3. The molecule has 1 atom stereocenters. The van der Waals surface area contributed by atoms with Gasteiger partial charge in [0.2, 0.25) is 17.7 Å². The summed E-state index contributed by atoms with van der Waals surface area (Å²) >= 11 is 0. The Morgan fingerprint density at radius 2 is 1.65 bits per heavy atom. The molecule has 2 fully saturated rings. The van der Waals surface area contributed by atoms with E-state index in [1.165, 1.54) is 25.4 Å². The first-order chi connectivity index (χ1) is 29.7. The van der Waals surface area contributed by atoms with Crippen molar-refractivity contribution in [2.45, 2.75) is 95.8 Å². The third kappa shape index (κ3) is 11.6. The minimum absolute atomic E-state index is 0.00812. The normalized spacial score (nSPS) is 19.0. The molecule has 2 aromatic carbocycles. The largest absolute Gasteiger partial charge is 0.495 e. The number of nitrogens with zero attached hydrogens (tertiary/aromatic N) is 3. The van der Waals surface area contributed by atoms with Gasteiger partial charge >= 0.3 is 6.18 Å². The number of nitrogens with one attached hydrogen (secondary N) is 2. The Balaban J connectivity index is 0.870. The number of carbonyl (C=O) groups is 6. The Morgan fingerprint density at radius 3 is 2.39 bits per heavy atom. The molecule has 1 saturated heterocycles. The lowest BCUT2D eigenvalue weighted by atomic mass is 9.81. The first kappa shape index (κ1) is 45.5. The minimum atomic E-state index is -4.16. The van der Waals surface area contributed by atoms with Crippen LogP contribution in [0.25, 0.3) is 6.08 Å². The second-order valence-corrected chi connectivity index (χ2v) is 16.1. The predicted molar refractivity (Wildman–Crippen MR) is 222 cm³/mol. The van der Waals surface area contributed by atoms with E-state index in [1.807, 2.05) is 30.3 Å². The van der Waals surface area contributed by atoms with E-state index in [4.69, 9.17) is 9.47 Å². The standard InChI is InChI=1S/C46H52F3N5O8/c1-53(21-6-4-3-5-7-22-62-34-17-18-35-36(26-34)45(60)54(44(35)59)38-19-20-40(55)52-43(38)58)41(56)24-30-9-8-10-31(23-30)27-51-42(57)37-25-32(39(61-2)28-50-37)14-11-29-12-15-33(16-13-29)46(47,48)49/h8-11,14,17-18,23,25-26,28-29,33,38H,3-7,12-13,15-16,19-22,24,27H2,1-2H3,(H,51,57)(H,52,55,58). The zero-order chi connectivity index (χ0) is 44.4. The number of ether oxygens (including phenoxy) is 2. The van der Waals surface area contributed by atoms with Crippen molar-refractivity contribution in [1.29, 1.82) is 0 Å². The number of likely N-dealkylation sites (N-methyl/N-ethyl adjacent to an activating group) is 1. The molecule has 6 rings (SSSR count). The lowest BCUT2D eigenvalue weighted by Crippen LogP contribution is -2.54. The van der Waals surface area contributed by atoms with Crippen LogP contribution < -0.4 is 20.1 Å². The topological polar surface area (TPSA) is 164 Å². The molecular weight excluding hydrogens is 808 g/mol. The van der Waals surface area contributed by atoms with E-state index in [9.17, 15) is 41.9 Å². The molecule has 3 aromatic rings. The number of alkyl halides is 3. The Morgan fingerprint density at radius 1 is 0.919 bits per heavy atom. The van der Waals surface area contributed by atoms with Crippen LogP contribution in [0.15, 0.2) is 60.8 Å². The van der Waals surface area contributed by atoms with E-state index in [-0.39, 0.29) is 67.3 Å². The van der Waals surface area contributed by atoms with Gasteiger partial charge in [-0.05, 0) is 86.3 Å². The zero-order valence-electron chi connectivity index (χ0n) is 34.9. The average molecular weight is 860 g/mol. The van der Waals surface area contributed by atoms with Gasteiger partial charge in [0.25, 0.3) is 17.7 Å². The number of benzene rings is 2. The van der Waals surface area contributed by atoms with E-state index in [1.54, 1.807) is 30.2 Å². The molecule has 1 unspecified atom stereocenters. The molecular formula is C46H52F3N5O8. The van der Waals surface area contributed by atoms with Crippen LogP contribution in [0.4, 0.5) is 13.2 Å². The summed E-state index contributed by atoms with van der Waals surface area (Å²) in [6.07, 6.45) is 6.76. The molecule has 0 radical (unpaired) electrons. The Hall–Kier alpha value is -6.06. The maximum Gasteiger partial charge on any atom is 0.391 e. The van der Waals surface area contributed by atoms with Gasteiger partial charge < -0.3 is 19.7 Å². The van der Waals surface area contributed by atoms with Crippen molar-refractivity contribution in [3.63, 3.8) is 0 Å². The maximum atomic E-state index is 13.1. The number of imide groups is 2. The molecule has 1 aliphatic carbocycles. The summed E-state index contributed by atoms with van der Waals surface area (Å²) in [4.78, 5) is 82.8. The SMILES string of the molecule is COc1cnc(C(=O)NCc2cccc(CC(=O)N(C)CCCCCCCOc3ccc4c(c3)C(=O)N(C3CCC(=O)NC3=O)C4=O)c2)cc1C=CC1CCC(C(F)(F)F)CC1. The number of amides is 6. The van der Waals surface area contributed by atoms with Gasteiger partial charge in [0.15, 0.2) is 0 Å². The van der Waals surface area contributed by atoms with Crippen molar-refractivity contribution < 1.29 is 51.4 Å². The maximum absolute atomic E-state index is 13.1. The van der Waals surface area contributed by atoms with Crippen LogP contribution >= 0.6 is 0 Å². The molecule has 0 spiro atoms. The summed E-state index contributed by atoms with van der Waals surface area (Å²) in [6.45, 7) is 1.23. The lowest BCUT2D eigenvalue weighted by molar-refractivity contribution is -0.183. The van der Waals surface area contributed by atoms with Crippen LogP contribution in [0.5, 0.6) is 11.5 Å². The number of rotatable bonds is 18. The highest BCUT2D eigenvalue weighted by Crippen LogP contribution is 2.40. The molecule has 16 heteroatoms. The number of unbranched alkanes of at least 4 members (excludes halogenated alkanes) is 4. The van der Waals surface area contributed by atoms with Crippen molar-refractivity contribution in [3.05, 3.63) is 94.3 Å². The third-order valence-electron chi connectivity index (χ3n) is 11.7. The Bertz CT molecular complexity index is 2190. The van der Waals surface area contributed by atoms with Gasteiger partial charge in [-0.15, -0.1) is 0 Å². The number of aromatic nitrogens is 1. The lowest BCUT2D eigenvalue weighted by Gasteiger charge is -2.28. The number of methoxy groups -OCH3 is 1. The number of carbonyl (C=O) groups excluding carboxylic acids is 6. The van der Waals surface area contributed by atoms with Crippen LogP contribution in [0.1, 0.15) is 119 Å². The molecule has 3 heterocycles. The third-order valence-corrected chi connectivity index (χ3v) is 11.7. The fourth-order valence-corrected chi connectivity index (χ4v) is 8.03. The molecule has 2 aliphatic heterocycles. The average Bonchev–Trinajstić information content (AvgIpc) is 3.50. The summed E-state index contributed by atoms with van der Waals surface area (Å²) < 4.78 is 50.5. The molecule has 3 aliphatic rings. The smallest absolute Gasteiger partial charge is 0.391 e. The highest BCUT2D eigenvalue weighted by atomic mass is 19.4. The second-order valence-electron chi connectivity index (χ2n) is 16.1. The highest BCUT2D eigenvalue weighted by molar-refractivity contribution is 6.23. The monoisotopic (exact) mass is 859 g/mol. The molecule has 62 heavy (non-hydrogen) atoms. The van der Waals surface area contributed by atoms with Crippen LogP contribution in [0.2, 0.25) is 0 Å². The molecule has 13 nitrogen and oxygen atoms in total. The minimum Gasteiger partial charge on any atom is -0.495 e. The van der Waals surface area contributed by atoms with E-state index >= 15 is 0 Å². The van der Waals surface area contributed by atoms with E-state index in [0.717, 1.165) is 48.1 Å². The van der Waals surface area contributed by atoms with E-state index < -0.39 is 47.7 Å². The first-order valence-corrected chi connectivity index (χ1v) is 21.1. The van der Waals surface area contributed by atoms with E-state index in [0.29, 0.717) is 43.1 Å². The summed E-state index contributed by atoms with van der Waals surface area (Å²) in [6, 6.07) is 12.7. The summed E-state index contributed by atoms with van der Waals surface area (Å²) in [5.41, 5.74) is 2.78. The van der Waals surface area contributed by atoms with Crippen LogP contribution in [-0.2, 0) is 27.3 Å². The van der Waals surface area contributed by atoms with Crippen LogP contribution in [-0.4, -0.2) is 89.8 Å². The van der Waals surface area contributed by atoms with Gasteiger partial charge in [-0.1, -0.05) is 55.7 Å². The van der Waals surface area contributed by atoms with Gasteiger partial charge in [0.05, 0.1) is 43.4 Å². The fraction of sp³-hybridized carbons (Fsp3) is 0.457. The quantitative estimate of drug-likeness (QED) is 0.103. The van der Waals surface area contributed by atoms with Gasteiger partial charge in [-0.2, -0.15) is 13.2 Å². The van der Waals surface area contributed by atoms with Crippen LogP contribution in [0, 0.1) is 11.8 Å².